The molecule has 1 saturated heterocycles. The summed E-state index contributed by atoms with van der Waals surface area (Å²) in [7, 11) is 0. The first-order valence-electron chi connectivity index (χ1n) is 6.69. The molecule has 1 fully saturated rings. The van der Waals surface area contributed by atoms with Gasteiger partial charge in [0, 0.05) is 18.9 Å². The van der Waals surface area contributed by atoms with Gasteiger partial charge in [-0.25, -0.2) is 9.59 Å². The molecule has 0 aliphatic carbocycles. The number of ether oxygens (including phenoxy) is 2. The van der Waals surface area contributed by atoms with Gasteiger partial charge in [-0.15, -0.1) is 0 Å². The first-order chi connectivity index (χ1) is 10.0. The maximum absolute atomic E-state index is 11.1. The summed E-state index contributed by atoms with van der Waals surface area (Å²) in [6.07, 6.45) is -0.709. The number of fused-ring (bicyclic) bond motifs is 1. The van der Waals surface area contributed by atoms with Gasteiger partial charge in [0.25, 0.3) is 0 Å². The summed E-state index contributed by atoms with van der Waals surface area (Å²) in [5.41, 5.74) is 1.12. The standard InChI is InChI=1S/C14H15NO6/c16-13(17)11-5-10(7-15(11)14(18)19)21-9-2-1-8-3-4-20-12(8)6-9/h1-2,6,10-11H,3-5,7H2,(H,16,17)(H,18,19). The number of amides is 1. The lowest BCUT2D eigenvalue weighted by molar-refractivity contribution is -0.141. The number of carbonyl (C=O) groups is 2. The van der Waals surface area contributed by atoms with Gasteiger partial charge < -0.3 is 19.7 Å². The third kappa shape index (κ3) is 2.58. The van der Waals surface area contributed by atoms with E-state index in [1.165, 1.54) is 0 Å². The van der Waals surface area contributed by atoms with E-state index in [1.54, 1.807) is 12.1 Å². The monoisotopic (exact) mass is 293 g/mol. The molecule has 2 N–H and O–H groups in total. The fourth-order valence-corrected chi connectivity index (χ4v) is 2.74. The molecule has 0 spiro atoms. The molecule has 2 atom stereocenters. The molecule has 0 saturated carbocycles. The van der Waals surface area contributed by atoms with Gasteiger partial charge in [-0.3, -0.25) is 4.90 Å². The lowest BCUT2D eigenvalue weighted by Crippen LogP contribution is -2.39. The van der Waals surface area contributed by atoms with E-state index in [0.29, 0.717) is 12.4 Å². The topological polar surface area (TPSA) is 96.3 Å². The SMILES string of the molecule is O=C(O)C1CC(Oc2ccc3c(c2)OCC3)CN1C(=O)O. The van der Waals surface area contributed by atoms with Crippen LogP contribution in [0, 0.1) is 0 Å². The van der Waals surface area contributed by atoms with Gasteiger partial charge in [-0.05, 0) is 11.6 Å². The van der Waals surface area contributed by atoms with Crippen molar-refractivity contribution in [2.75, 3.05) is 13.2 Å². The molecular formula is C14H15NO6. The Balaban J connectivity index is 1.71. The highest BCUT2D eigenvalue weighted by Crippen LogP contribution is 2.31. The van der Waals surface area contributed by atoms with Crippen molar-refractivity contribution in [1.29, 1.82) is 0 Å². The highest BCUT2D eigenvalue weighted by atomic mass is 16.5. The van der Waals surface area contributed by atoms with Gasteiger partial charge in [0.2, 0.25) is 0 Å². The summed E-state index contributed by atoms with van der Waals surface area (Å²) in [5, 5.41) is 18.1. The molecule has 1 aromatic carbocycles. The number of hydrogen-bond donors (Lipinski definition) is 2. The van der Waals surface area contributed by atoms with Crippen LogP contribution in [-0.4, -0.2) is 52.5 Å². The Morgan fingerprint density at radius 2 is 2.14 bits per heavy atom. The van der Waals surface area contributed by atoms with E-state index in [9.17, 15) is 9.59 Å². The van der Waals surface area contributed by atoms with Crippen LogP contribution in [0.15, 0.2) is 18.2 Å². The zero-order valence-electron chi connectivity index (χ0n) is 11.2. The van der Waals surface area contributed by atoms with Gasteiger partial charge in [0.1, 0.15) is 23.6 Å². The molecule has 7 heteroatoms. The Morgan fingerprint density at radius 1 is 1.33 bits per heavy atom. The van der Waals surface area contributed by atoms with Crippen LogP contribution in [0.2, 0.25) is 0 Å². The van der Waals surface area contributed by atoms with Gasteiger partial charge in [0.15, 0.2) is 0 Å². The molecular weight excluding hydrogens is 278 g/mol. The molecule has 112 valence electrons. The predicted octanol–water partition coefficient (Wildman–Crippen LogP) is 1.21. The highest BCUT2D eigenvalue weighted by Gasteiger charge is 2.41. The third-order valence-corrected chi connectivity index (χ3v) is 3.76. The van der Waals surface area contributed by atoms with Crippen molar-refractivity contribution in [2.45, 2.75) is 25.0 Å². The summed E-state index contributed by atoms with van der Waals surface area (Å²) in [4.78, 5) is 23.0. The molecule has 1 aromatic rings. The van der Waals surface area contributed by atoms with Crippen molar-refractivity contribution in [3.63, 3.8) is 0 Å². The normalized spacial score (nSPS) is 23.5. The maximum atomic E-state index is 11.1. The minimum absolute atomic E-state index is 0.0459. The van der Waals surface area contributed by atoms with E-state index in [4.69, 9.17) is 19.7 Å². The van der Waals surface area contributed by atoms with Crippen molar-refractivity contribution in [1.82, 2.24) is 4.90 Å². The van der Waals surface area contributed by atoms with E-state index in [-0.39, 0.29) is 13.0 Å². The number of aliphatic carboxylic acids is 1. The van der Waals surface area contributed by atoms with Crippen LogP contribution < -0.4 is 9.47 Å². The summed E-state index contributed by atoms with van der Waals surface area (Å²) in [6.45, 7) is 0.695. The van der Waals surface area contributed by atoms with Crippen LogP contribution in [0.25, 0.3) is 0 Å². The quantitative estimate of drug-likeness (QED) is 0.869. The number of rotatable bonds is 3. The molecule has 2 heterocycles. The van der Waals surface area contributed by atoms with Gasteiger partial charge in [-0.2, -0.15) is 0 Å². The van der Waals surface area contributed by atoms with E-state index < -0.39 is 24.2 Å². The van der Waals surface area contributed by atoms with Gasteiger partial charge in [-0.1, -0.05) is 6.07 Å². The molecule has 3 rings (SSSR count). The summed E-state index contributed by atoms with van der Waals surface area (Å²) >= 11 is 0. The van der Waals surface area contributed by atoms with E-state index in [1.807, 2.05) is 6.07 Å². The van der Waals surface area contributed by atoms with Gasteiger partial charge in [0.05, 0.1) is 13.2 Å². The zero-order valence-corrected chi connectivity index (χ0v) is 11.2. The second-order valence-corrected chi connectivity index (χ2v) is 5.13. The number of benzene rings is 1. The van der Waals surface area contributed by atoms with Crippen LogP contribution in [0.4, 0.5) is 4.79 Å². The first kappa shape index (κ1) is 13.5. The molecule has 7 nitrogen and oxygen atoms in total. The number of nitrogens with zero attached hydrogens (tertiary/aromatic N) is 1. The van der Waals surface area contributed by atoms with Crippen molar-refractivity contribution >= 4 is 12.1 Å². The fourth-order valence-electron chi connectivity index (χ4n) is 2.74. The average molecular weight is 293 g/mol. The lowest BCUT2D eigenvalue weighted by atomic mass is 10.1. The van der Waals surface area contributed by atoms with Crippen molar-refractivity contribution in [3.8, 4) is 11.5 Å². The lowest BCUT2D eigenvalue weighted by Gasteiger charge is -2.16. The van der Waals surface area contributed by atoms with E-state index >= 15 is 0 Å². The minimum Gasteiger partial charge on any atom is -0.493 e. The van der Waals surface area contributed by atoms with Crippen LogP contribution in [0.3, 0.4) is 0 Å². The molecule has 2 aliphatic rings. The maximum Gasteiger partial charge on any atom is 0.408 e. The van der Waals surface area contributed by atoms with E-state index in [0.717, 1.165) is 22.6 Å². The van der Waals surface area contributed by atoms with E-state index in [2.05, 4.69) is 0 Å². The van der Waals surface area contributed by atoms with Crippen LogP contribution in [-0.2, 0) is 11.2 Å². The molecule has 21 heavy (non-hydrogen) atoms. The Kier molecular flexibility index (Phi) is 3.32. The van der Waals surface area contributed by atoms with Crippen molar-refractivity contribution < 1.29 is 29.3 Å². The fraction of sp³-hybridized carbons (Fsp3) is 0.429. The Hall–Kier alpha value is -2.44. The Bertz CT molecular complexity index is 565. The number of carboxylic acid groups (broad SMARTS) is 2. The largest absolute Gasteiger partial charge is 0.493 e. The Morgan fingerprint density at radius 3 is 2.81 bits per heavy atom. The molecule has 0 bridgehead atoms. The average Bonchev–Trinajstić information content (AvgIpc) is 3.04. The smallest absolute Gasteiger partial charge is 0.408 e. The molecule has 0 aromatic heterocycles. The second kappa shape index (κ2) is 5.16. The third-order valence-electron chi connectivity index (χ3n) is 3.76. The highest BCUT2D eigenvalue weighted by molar-refractivity contribution is 5.80. The van der Waals surface area contributed by atoms with Gasteiger partial charge >= 0.3 is 12.1 Å². The number of hydrogen-bond acceptors (Lipinski definition) is 4. The summed E-state index contributed by atoms with van der Waals surface area (Å²) in [6, 6.07) is 4.42. The van der Waals surface area contributed by atoms with Crippen LogP contribution in [0.1, 0.15) is 12.0 Å². The van der Waals surface area contributed by atoms with Crippen molar-refractivity contribution in [2.24, 2.45) is 0 Å². The van der Waals surface area contributed by atoms with Crippen molar-refractivity contribution in [3.05, 3.63) is 23.8 Å². The Labute approximate surface area is 120 Å². The molecule has 1 amide bonds. The second-order valence-electron chi connectivity index (χ2n) is 5.13. The minimum atomic E-state index is -1.24. The molecule has 2 aliphatic heterocycles. The number of likely N-dealkylation sites (tertiary alicyclic amines) is 1. The summed E-state index contributed by atoms with van der Waals surface area (Å²) < 4.78 is 11.2. The molecule has 2 unspecified atom stereocenters. The van der Waals surface area contributed by atoms with Crippen LogP contribution >= 0.6 is 0 Å². The first-order valence-corrected chi connectivity index (χ1v) is 6.69. The van der Waals surface area contributed by atoms with Crippen LogP contribution in [0.5, 0.6) is 11.5 Å². The zero-order chi connectivity index (χ0) is 15.0. The summed E-state index contributed by atoms with van der Waals surface area (Å²) in [5.74, 6) is 0.188. The number of carboxylic acids is 1. The molecule has 0 radical (unpaired) electrons. The predicted molar refractivity (Wildman–Crippen MR) is 70.8 cm³/mol.